The van der Waals surface area contributed by atoms with Crippen LogP contribution in [0, 0.1) is 12.8 Å². The summed E-state index contributed by atoms with van der Waals surface area (Å²) in [6, 6.07) is 7.55. The lowest BCUT2D eigenvalue weighted by atomic mass is 9.98. The molecule has 7 nitrogen and oxygen atoms in total. The molecule has 1 aliphatic heterocycles. The van der Waals surface area contributed by atoms with Gasteiger partial charge in [-0.3, -0.25) is 9.59 Å². The molecule has 24 heavy (non-hydrogen) atoms. The van der Waals surface area contributed by atoms with Gasteiger partial charge in [-0.1, -0.05) is 29.8 Å². The summed E-state index contributed by atoms with van der Waals surface area (Å²) in [7, 11) is -3.33. The van der Waals surface area contributed by atoms with E-state index in [9.17, 15) is 23.1 Å². The molecular formula is C16H22N2O5S. The molecule has 1 saturated heterocycles. The van der Waals surface area contributed by atoms with Crippen LogP contribution in [0.3, 0.4) is 0 Å². The van der Waals surface area contributed by atoms with Crippen molar-refractivity contribution in [3.8, 4) is 0 Å². The molecule has 0 spiro atoms. The van der Waals surface area contributed by atoms with E-state index in [0.717, 1.165) is 15.4 Å². The van der Waals surface area contributed by atoms with Crippen LogP contribution in [-0.4, -0.2) is 55.1 Å². The lowest BCUT2D eigenvalue weighted by Gasteiger charge is -2.16. The van der Waals surface area contributed by atoms with Gasteiger partial charge >= 0.3 is 5.97 Å². The monoisotopic (exact) mass is 354 g/mol. The average Bonchev–Trinajstić information content (AvgIpc) is 2.82. The van der Waals surface area contributed by atoms with Crippen LogP contribution < -0.4 is 5.32 Å². The molecule has 0 aliphatic carbocycles. The van der Waals surface area contributed by atoms with Crippen LogP contribution in [0.1, 0.15) is 17.5 Å². The van der Waals surface area contributed by atoms with E-state index < -0.39 is 27.8 Å². The highest BCUT2D eigenvalue weighted by Crippen LogP contribution is 2.13. The standard InChI is InChI=1S/C16H22N2O5S/c1-12-4-2-5-13(8-12)9-14(16(20)21)10-17-15(19)11-18-6-3-7-24(18,22)23/h2,4-5,8,14H,3,6-7,9-11H2,1H3,(H,17,19)(H,20,21). The first-order valence-electron chi connectivity index (χ1n) is 7.81. The van der Waals surface area contributed by atoms with Crippen LogP contribution in [0.4, 0.5) is 0 Å². The lowest BCUT2D eigenvalue weighted by molar-refractivity contribution is -0.141. The Bertz CT molecular complexity index is 717. The summed E-state index contributed by atoms with van der Waals surface area (Å²) in [4.78, 5) is 23.3. The number of benzene rings is 1. The van der Waals surface area contributed by atoms with Gasteiger partial charge in [-0.05, 0) is 25.3 Å². The van der Waals surface area contributed by atoms with Gasteiger partial charge in [0.15, 0.2) is 0 Å². The van der Waals surface area contributed by atoms with E-state index in [1.807, 2.05) is 31.2 Å². The summed E-state index contributed by atoms with van der Waals surface area (Å²) in [5, 5.41) is 11.9. The molecule has 0 aromatic heterocycles. The number of amides is 1. The number of carbonyl (C=O) groups excluding carboxylic acids is 1. The molecule has 1 aliphatic rings. The number of nitrogens with one attached hydrogen (secondary N) is 1. The second-order valence-corrected chi connectivity index (χ2v) is 8.12. The summed E-state index contributed by atoms with van der Waals surface area (Å²) in [6.45, 7) is 1.98. The number of carbonyl (C=O) groups is 2. The van der Waals surface area contributed by atoms with Crippen molar-refractivity contribution in [1.29, 1.82) is 0 Å². The highest BCUT2D eigenvalue weighted by atomic mass is 32.2. The molecule has 8 heteroatoms. The number of sulfonamides is 1. The van der Waals surface area contributed by atoms with Gasteiger partial charge in [-0.2, -0.15) is 4.31 Å². The number of carboxylic acid groups (broad SMARTS) is 1. The van der Waals surface area contributed by atoms with Crippen LogP contribution >= 0.6 is 0 Å². The predicted molar refractivity (Wildman–Crippen MR) is 89.0 cm³/mol. The Morgan fingerprint density at radius 2 is 2.12 bits per heavy atom. The number of carboxylic acids is 1. The summed E-state index contributed by atoms with van der Waals surface area (Å²) in [6.07, 6.45) is 0.819. The minimum Gasteiger partial charge on any atom is -0.481 e. The maximum absolute atomic E-state index is 11.9. The molecule has 0 radical (unpaired) electrons. The van der Waals surface area contributed by atoms with Crippen molar-refractivity contribution in [2.75, 3.05) is 25.4 Å². The molecule has 2 N–H and O–H groups in total. The minimum absolute atomic E-state index is 0.0317. The molecule has 1 atom stereocenters. The second kappa shape index (κ2) is 7.76. The fourth-order valence-corrected chi connectivity index (χ4v) is 4.17. The minimum atomic E-state index is -3.33. The zero-order valence-corrected chi connectivity index (χ0v) is 14.4. The molecule has 0 saturated carbocycles. The van der Waals surface area contributed by atoms with Gasteiger partial charge < -0.3 is 10.4 Å². The van der Waals surface area contributed by atoms with Crippen LogP contribution in [0.25, 0.3) is 0 Å². The second-order valence-electron chi connectivity index (χ2n) is 6.04. The number of nitrogens with zero attached hydrogens (tertiary/aromatic N) is 1. The van der Waals surface area contributed by atoms with E-state index in [1.54, 1.807) is 0 Å². The van der Waals surface area contributed by atoms with E-state index in [-0.39, 0.29) is 18.8 Å². The fraction of sp³-hybridized carbons (Fsp3) is 0.500. The van der Waals surface area contributed by atoms with Crippen molar-refractivity contribution < 1.29 is 23.1 Å². The molecule has 1 heterocycles. The first-order chi connectivity index (χ1) is 11.3. The van der Waals surface area contributed by atoms with Crippen molar-refractivity contribution in [3.63, 3.8) is 0 Å². The van der Waals surface area contributed by atoms with Crippen LogP contribution in [0.15, 0.2) is 24.3 Å². The lowest BCUT2D eigenvalue weighted by Crippen LogP contribution is -2.41. The Kier molecular flexibility index (Phi) is 5.95. The number of rotatable bonds is 7. The van der Waals surface area contributed by atoms with E-state index in [1.165, 1.54) is 0 Å². The Labute approximate surface area is 141 Å². The third-order valence-corrected chi connectivity index (χ3v) is 5.89. The summed E-state index contributed by atoms with van der Waals surface area (Å²) in [5.41, 5.74) is 1.93. The van der Waals surface area contributed by atoms with Crippen molar-refractivity contribution in [2.24, 2.45) is 5.92 Å². The molecule has 1 fully saturated rings. The molecule has 1 unspecified atom stereocenters. The highest BCUT2D eigenvalue weighted by Gasteiger charge is 2.30. The summed E-state index contributed by atoms with van der Waals surface area (Å²) in [5.74, 6) is -2.17. The van der Waals surface area contributed by atoms with Crippen molar-refractivity contribution >= 4 is 21.9 Å². The summed E-state index contributed by atoms with van der Waals surface area (Å²) >= 11 is 0. The fourth-order valence-electron chi connectivity index (χ4n) is 2.69. The van der Waals surface area contributed by atoms with Gasteiger partial charge in [-0.15, -0.1) is 0 Å². The number of hydrogen-bond acceptors (Lipinski definition) is 4. The van der Waals surface area contributed by atoms with Gasteiger partial charge in [0.2, 0.25) is 15.9 Å². The van der Waals surface area contributed by atoms with E-state index >= 15 is 0 Å². The van der Waals surface area contributed by atoms with Crippen LogP contribution in [0.2, 0.25) is 0 Å². The van der Waals surface area contributed by atoms with E-state index in [0.29, 0.717) is 19.4 Å². The molecule has 0 bridgehead atoms. The van der Waals surface area contributed by atoms with E-state index in [2.05, 4.69) is 5.32 Å². The van der Waals surface area contributed by atoms with Gasteiger partial charge in [0, 0.05) is 13.1 Å². The number of hydrogen-bond donors (Lipinski definition) is 2. The molecule has 2 rings (SSSR count). The maximum atomic E-state index is 11.9. The summed E-state index contributed by atoms with van der Waals surface area (Å²) < 4.78 is 24.5. The zero-order chi connectivity index (χ0) is 17.7. The van der Waals surface area contributed by atoms with Gasteiger partial charge in [0.1, 0.15) is 0 Å². The topological polar surface area (TPSA) is 104 Å². The van der Waals surface area contributed by atoms with Crippen molar-refractivity contribution in [1.82, 2.24) is 9.62 Å². The van der Waals surface area contributed by atoms with Gasteiger partial charge in [0.25, 0.3) is 0 Å². The van der Waals surface area contributed by atoms with Gasteiger partial charge in [-0.25, -0.2) is 8.42 Å². The number of aryl methyl sites for hydroxylation is 1. The zero-order valence-electron chi connectivity index (χ0n) is 13.6. The SMILES string of the molecule is Cc1cccc(CC(CNC(=O)CN2CCCS2(=O)=O)C(=O)O)c1. The molecule has 1 aromatic carbocycles. The Morgan fingerprint density at radius 1 is 1.38 bits per heavy atom. The largest absolute Gasteiger partial charge is 0.481 e. The maximum Gasteiger partial charge on any atom is 0.308 e. The smallest absolute Gasteiger partial charge is 0.308 e. The van der Waals surface area contributed by atoms with Crippen molar-refractivity contribution in [3.05, 3.63) is 35.4 Å². The Morgan fingerprint density at radius 3 is 2.71 bits per heavy atom. The quantitative estimate of drug-likeness (QED) is 0.737. The first kappa shape index (κ1) is 18.4. The molecular weight excluding hydrogens is 332 g/mol. The average molecular weight is 354 g/mol. The van der Waals surface area contributed by atoms with Crippen molar-refractivity contribution in [2.45, 2.75) is 19.8 Å². The third kappa shape index (κ3) is 5.04. The first-order valence-corrected chi connectivity index (χ1v) is 9.42. The molecule has 132 valence electrons. The Balaban J connectivity index is 1.89. The normalized spacial score (nSPS) is 18.2. The molecule has 1 amide bonds. The van der Waals surface area contributed by atoms with Crippen LogP contribution in [-0.2, 0) is 26.0 Å². The highest BCUT2D eigenvalue weighted by molar-refractivity contribution is 7.89. The third-order valence-electron chi connectivity index (χ3n) is 3.98. The van der Waals surface area contributed by atoms with E-state index in [4.69, 9.17) is 0 Å². The van der Waals surface area contributed by atoms with Gasteiger partial charge in [0.05, 0.1) is 18.2 Å². The number of aliphatic carboxylic acids is 1. The Hall–Kier alpha value is -1.93. The molecule has 1 aromatic rings. The predicted octanol–water partition coefficient (Wildman–Crippen LogP) is 0.390. The van der Waals surface area contributed by atoms with Crippen LogP contribution in [0.5, 0.6) is 0 Å².